The summed E-state index contributed by atoms with van der Waals surface area (Å²) in [6.45, 7) is 0. The number of rotatable bonds is 0. The molecular weight excluding hydrogens is 214 g/mol. The Balaban J connectivity index is 0.000000720. The summed E-state index contributed by atoms with van der Waals surface area (Å²) >= 11 is 0. The minimum Gasteiger partial charge on any atom is -0.397 e. The molecule has 0 radical (unpaired) electrons. The van der Waals surface area contributed by atoms with Crippen LogP contribution in [0.3, 0.4) is 0 Å². The summed E-state index contributed by atoms with van der Waals surface area (Å²) in [4.78, 5) is 2.86. The molecule has 2 aromatic rings. The second-order valence-electron chi connectivity index (χ2n) is 2.40. The van der Waals surface area contributed by atoms with Crippen LogP contribution in [0, 0.1) is 5.82 Å². The molecule has 0 saturated carbocycles. The number of benzene rings is 1. The number of nitrogens with one attached hydrogen (secondary N) is 1. The van der Waals surface area contributed by atoms with E-state index in [9.17, 15) is 4.39 Å². The van der Waals surface area contributed by atoms with Gasteiger partial charge in [0, 0.05) is 11.6 Å². The van der Waals surface area contributed by atoms with Crippen LogP contribution in [-0.4, -0.2) is 4.98 Å². The average Bonchev–Trinajstić information content (AvgIpc) is 2.45. The molecule has 0 saturated heterocycles. The molecule has 5 heteroatoms. The second kappa shape index (κ2) is 4.35. The zero-order valence-electron chi connectivity index (χ0n) is 6.58. The average molecular weight is 223 g/mol. The van der Waals surface area contributed by atoms with Gasteiger partial charge in [0.25, 0.3) is 0 Å². The molecule has 0 spiro atoms. The van der Waals surface area contributed by atoms with Gasteiger partial charge in [0.05, 0.1) is 11.2 Å². The molecule has 1 aromatic carbocycles. The Morgan fingerprint density at radius 1 is 1.15 bits per heavy atom. The molecule has 0 aliphatic heterocycles. The Kier molecular flexibility index (Phi) is 4.04. The van der Waals surface area contributed by atoms with Gasteiger partial charge in [0.1, 0.15) is 5.82 Å². The Morgan fingerprint density at radius 2 is 1.85 bits per heavy atom. The lowest BCUT2D eigenvalue weighted by atomic mass is 10.2. The van der Waals surface area contributed by atoms with E-state index in [1.54, 1.807) is 18.3 Å². The van der Waals surface area contributed by atoms with Crippen LogP contribution in [-0.2, 0) is 0 Å². The predicted molar refractivity (Wildman–Crippen MR) is 57.2 cm³/mol. The van der Waals surface area contributed by atoms with Crippen LogP contribution >= 0.6 is 24.8 Å². The van der Waals surface area contributed by atoms with E-state index in [1.807, 2.05) is 0 Å². The third kappa shape index (κ3) is 1.87. The second-order valence-corrected chi connectivity index (χ2v) is 2.40. The molecule has 72 valence electrons. The fourth-order valence-electron chi connectivity index (χ4n) is 1.14. The van der Waals surface area contributed by atoms with Crippen LogP contribution < -0.4 is 5.73 Å². The van der Waals surface area contributed by atoms with Crippen LogP contribution in [0.15, 0.2) is 24.4 Å². The number of anilines is 1. The van der Waals surface area contributed by atoms with Crippen LogP contribution in [0.25, 0.3) is 10.9 Å². The summed E-state index contributed by atoms with van der Waals surface area (Å²) in [5.41, 5.74) is 6.82. The lowest BCUT2D eigenvalue weighted by Gasteiger charge is -1.95. The van der Waals surface area contributed by atoms with E-state index in [2.05, 4.69) is 4.98 Å². The molecule has 0 unspecified atom stereocenters. The van der Waals surface area contributed by atoms with Crippen molar-refractivity contribution in [3.05, 3.63) is 30.2 Å². The zero-order valence-corrected chi connectivity index (χ0v) is 8.21. The molecule has 0 bridgehead atoms. The van der Waals surface area contributed by atoms with Crippen molar-refractivity contribution in [3.63, 3.8) is 0 Å². The normalized spacial score (nSPS) is 9.00. The quantitative estimate of drug-likeness (QED) is 0.662. The molecular formula is C8H9Cl2FN2. The lowest BCUT2D eigenvalue weighted by Crippen LogP contribution is -1.87. The van der Waals surface area contributed by atoms with Gasteiger partial charge in [0.2, 0.25) is 0 Å². The molecule has 0 aliphatic carbocycles. The van der Waals surface area contributed by atoms with Gasteiger partial charge in [-0.25, -0.2) is 4.39 Å². The minimum atomic E-state index is -0.240. The highest BCUT2D eigenvalue weighted by molar-refractivity contribution is 5.90. The topological polar surface area (TPSA) is 41.8 Å². The molecule has 1 heterocycles. The van der Waals surface area contributed by atoms with E-state index in [0.717, 1.165) is 0 Å². The predicted octanol–water partition coefficient (Wildman–Crippen LogP) is 2.73. The molecule has 2 rings (SSSR count). The highest BCUT2D eigenvalue weighted by Gasteiger charge is 2.02. The van der Waals surface area contributed by atoms with Crippen molar-refractivity contribution in [3.8, 4) is 0 Å². The Hall–Kier alpha value is -0.930. The monoisotopic (exact) mass is 222 g/mol. The molecule has 2 nitrogen and oxygen atoms in total. The van der Waals surface area contributed by atoms with Crippen LogP contribution in [0.5, 0.6) is 0 Å². The fourth-order valence-corrected chi connectivity index (χ4v) is 1.14. The number of hydrogen-bond acceptors (Lipinski definition) is 1. The van der Waals surface area contributed by atoms with Gasteiger partial charge in [-0.3, -0.25) is 0 Å². The van der Waals surface area contributed by atoms with Gasteiger partial charge in [-0.15, -0.1) is 24.8 Å². The first-order valence-electron chi connectivity index (χ1n) is 3.30. The van der Waals surface area contributed by atoms with Crippen molar-refractivity contribution >= 4 is 41.4 Å². The molecule has 3 N–H and O–H groups in total. The maximum atomic E-state index is 12.9. The zero-order chi connectivity index (χ0) is 7.84. The van der Waals surface area contributed by atoms with Gasteiger partial charge in [-0.1, -0.05) is 0 Å². The van der Waals surface area contributed by atoms with Gasteiger partial charge >= 0.3 is 0 Å². The van der Waals surface area contributed by atoms with Crippen molar-refractivity contribution in [1.82, 2.24) is 4.98 Å². The third-order valence-corrected chi connectivity index (χ3v) is 1.70. The number of aromatic amines is 1. The summed E-state index contributed by atoms with van der Waals surface area (Å²) in [5, 5.41) is 0.546. The number of nitrogen functional groups attached to an aromatic ring is 1. The molecule has 0 aliphatic rings. The molecule has 0 amide bonds. The van der Waals surface area contributed by atoms with Gasteiger partial charge < -0.3 is 10.7 Å². The summed E-state index contributed by atoms with van der Waals surface area (Å²) < 4.78 is 12.9. The SMILES string of the molecule is Cl.Cl.Nc1ccc(F)c2cc[nH]c12. The minimum absolute atomic E-state index is 0. The summed E-state index contributed by atoms with van der Waals surface area (Å²) in [6, 6.07) is 4.58. The standard InChI is InChI=1S/C8H7FN2.2ClH/c9-6-1-2-7(10)8-5(6)3-4-11-8;;/h1-4,11H,10H2;2*1H. The van der Waals surface area contributed by atoms with E-state index < -0.39 is 0 Å². The first kappa shape index (κ1) is 12.1. The summed E-state index contributed by atoms with van der Waals surface area (Å²) in [5.74, 6) is -0.240. The van der Waals surface area contributed by atoms with E-state index in [4.69, 9.17) is 5.73 Å². The maximum Gasteiger partial charge on any atom is 0.132 e. The molecule has 13 heavy (non-hydrogen) atoms. The molecule has 1 aromatic heterocycles. The number of aromatic nitrogens is 1. The van der Waals surface area contributed by atoms with Crippen molar-refractivity contribution in [2.75, 3.05) is 5.73 Å². The number of halogens is 3. The highest BCUT2D eigenvalue weighted by Crippen LogP contribution is 2.21. The fraction of sp³-hybridized carbons (Fsp3) is 0. The van der Waals surface area contributed by atoms with E-state index in [1.165, 1.54) is 6.07 Å². The number of hydrogen-bond donors (Lipinski definition) is 2. The Bertz CT molecular complexity index is 364. The van der Waals surface area contributed by atoms with Crippen LogP contribution in [0.4, 0.5) is 10.1 Å². The van der Waals surface area contributed by atoms with Crippen molar-refractivity contribution in [2.24, 2.45) is 0 Å². The van der Waals surface area contributed by atoms with Crippen molar-refractivity contribution in [1.29, 1.82) is 0 Å². The van der Waals surface area contributed by atoms with E-state index >= 15 is 0 Å². The molecule has 0 atom stereocenters. The van der Waals surface area contributed by atoms with E-state index in [-0.39, 0.29) is 30.6 Å². The third-order valence-electron chi connectivity index (χ3n) is 1.70. The molecule has 0 fully saturated rings. The first-order valence-corrected chi connectivity index (χ1v) is 3.30. The number of fused-ring (bicyclic) bond motifs is 1. The smallest absolute Gasteiger partial charge is 0.132 e. The van der Waals surface area contributed by atoms with Crippen molar-refractivity contribution in [2.45, 2.75) is 0 Å². The Labute approximate surface area is 87.1 Å². The van der Waals surface area contributed by atoms with Gasteiger partial charge in [-0.05, 0) is 18.2 Å². The lowest BCUT2D eigenvalue weighted by molar-refractivity contribution is 0.640. The van der Waals surface area contributed by atoms with E-state index in [0.29, 0.717) is 16.6 Å². The largest absolute Gasteiger partial charge is 0.397 e. The number of H-pyrrole nitrogens is 1. The van der Waals surface area contributed by atoms with Gasteiger partial charge in [0.15, 0.2) is 0 Å². The number of nitrogens with two attached hydrogens (primary N) is 1. The first-order chi connectivity index (χ1) is 5.29. The summed E-state index contributed by atoms with van der Waals surface area (Å²) in [6.07, 6.45) is 1.67. The van der Waals surface area contributed by atoms with Crippen molar-refractivity contribution < 1.29 is 4.39 Å². The van der Waals surface area contributed by atoms with Crippen LogP contribution in [0.2, 0.25) is 0 Å². The Morgan fingerprint density at radius 3 is 2.46 bits per heavy atom. The summed E-state index contributed by atoms with van der Waals surface area (Å²) in [7, 11) is 0. The van der Waals surface area contributed by atoms with Crippen LogP contribution in [0.1, 0.15) is 0 Å². The maximum absolute atomic E-state index is 12.9. The van der Waals surface area contributed by atoms with Gasteiger partial charge in [-0.2, -0.15) is 0 Å². The highest BCUT2D eigenvalue weighted by atomic mass is 35.5.